The maximum atomic E-state index is 9.78. The Morgan fingerprint density at radius 2 is 0.568 bits per heavy atom. The molecule has 4 atom stereocenters. The summed E-state index contributed by atoms with van der Waals surface area (Å²) in [6.45, 7) is 9.57. The van der Waals surface area contributed by atoms with Gasteiger partial charge in [-0.15, -0.1) is 18.1 Å². The smallest absolute Gasteiger partial charge is 0.566 e. The zero-order valence-electron chi connectivity index (χ0n) is 22.4. The molecule has 4 unspecified atom stereocenters. The third-order valence-electron chi connectivity index (χ3n) is 3.78. The molecule has 0 aliphatic carbocycles. The van der Waals surface area contributed by atoms with E-state index in [0.717, 1.165) is 77.0 Å². The standard InChI is InChI=1S/4C5H11O3P.Mo/c4*1-2-3-4-5-8-9(6)7;/h4*2-5H2,1H3;/q;;;;+4. The van der Waals surface area contributed by atoms with Gasteiger partial charge in [-0.1, -0.05) is 79.1 Å². The van der Waals surface area contributed by atoms with Crippen molar-refractivity contribution in [2.24, 2.45) is 0 Å². The summed E-state index contributed by atoms with van der Waals surface area (Å²) >= 11 is 0. The molecule has 0 saturated heterocycles. The Morgan fingerprint density at radius 1 is 0.405 bits per heavy atom. The maximum absolute atomic E-state index is 9.78. The third kappa shape index (κ3) is 72.5. The second-order valence-electron chi connectivity index (χ2n) is 7.06. The molecule has 0 rings (SSSR count). The van der Waals surface area contributed by atoms with E-state index in [9.17, 15) is 37.8 Å². The van der Waals surface area contributed by atoms with Gasteiger partial charge in [0.25, 0.3) is 0 Å². The van der Waals surface area contributed by atoms with E-state index < -0.39 is 33.0 Å². The van der Waals surface area contributed by atoms with Gasteiger partial charge in [0.05, 0.1) is 0 Å². The van der Waals surface area contributed by atoms with Crippen molar-refractivity contribution < 1.29 is 77.0 Å². The molecule has 0 bridgehead atoms. The van der Waals surface area contributed by atoms with Crippen LogP contribution in [0, 0.1) is 0 Å². The number of rotatable bonds is 20. The zero-order valence-corrected chi connectivity index (χ0v) is 28.0. The average molecular weight is 696 g/mol. The van der Waals surface area contributed by atoms with E-state index in [4.69, 9.17) is 0 Å². The van der Waals surface area contributed by atoms with Crippen LogP contribution < -0.4 is 19.6 Å². The molecule has 0 heterocycles. The van der Waals surface area contributed by atoms with Crippen molar-refractivity contribution in [3.05, 3.63) is 0 Å². The van der Waals surface area contributed by atoms with Gasteiger partial charge in [0.15, 0.2) is 0 Å². The van der Waals surface area contributed by atoms with Crippen LogP contribution in [0.4, 0.5) is 0 Å². The van der Waals surface area contributed by atoms with Crippen molar-refractivity contribution in [3.8, 4) is 0 Å². The fourth-order valence-electron chi connectivity index (χ4n) is 1.96. The van der Waals surface area contributed by atoms with Gasteiger partial charge in [0, 0.05) is 0 Å². The molecule has 0 aliphatic rings. The molecule has 37 heavy (non-hydrogen) atoms. The number of unbranched alkanes of at least 4 members (excludes halogenated alkanes) is 8. The average Bonchev–Trinajstić information content (AvgIpc) is 2.81. The first-order valence-corrected chi connectivity index (χ1v) is 16.6. The Morgan fingerprint density at radius 3 is 0.676 bits per heavy atom. The summed E-state index contributed by atoms with van der Waals surface area (Å²) in [5.41, 5.74) is 0. The van der Waals surface area contributed by atoms with Crippen LogP contribution in [0.5, 0.6) is 0 Å². The quantitative estimate of drug-likeness (QED) is 0.0955. The first-order valence-electron chi connectivity index (χ1n) is 12.2. The molecule has 0 spiro atoms. The molecule has 0 aliphatic heterocycles. The van der Waals surface area contributed by atoms with E-state index >= 15 is 0 Å². The molecule has 0 saturated carbocycles. The summed E-state index contributed by atoms with van der Waals surface area (Å²) in [5.74, 6) is 0. The second-order valence-corrected chi connectivity index (χ2v) is 9.88. The number of hydrogen-bond acceptors (Lipinski definition) is 12. The molecule has 0 N–H and O–H groups in total. The first-order chi connectivity index (χ1) is 17.1. The van der Waals surface area contributed by atoms with Crippen molar-refractivity contribution in [3.63, 3.8) is 0 Å². The van der Waals surface area contributed by atoms with Crippen molar-refractivity contribution in [2.45, 2.75) is 105 Å². The fraction of sp³-hybridized carbons (Fsp3) is 1.00. The number of hydrogen-bond donors (Lipinski definition) is 0. The Bertz CT molecular complexity index is 432. The van der Waals surface area contributed by atoms with Crippen molar-refractivity contribution in [1.82, 2.24) is 0 Å². The summed E-state index contributed by atoms with van der Waals surface area (Å²) in [6, 6.07) is 0. The van der Waals surface area contributed by atoms with E-state index in [-0.39, 0.29) is 21.1 Å². The monoisotopic (exact) mass is 698 g/mol. The van der Waals surface area contributed by atoms with Crippen LogP contribution in [-0.2, 0) is 57.4 Å². The zero-order chi connectivity index (χ0) is 28.5. The normalized spacial score (nSPS) is 11.2. The van der Waals surface area contributed by atoms with Crippen LogP contribution in [0.3, 0.4) is 0 Å². The summed E-state index contributed by atoms with van der Waals surface area (Å²) in [5, 5.41) is 0. The van der Waals surface area contributed by atoms with Crippen molar-refractivity contribution >= 4 is 33.0 Å². The fourth-order valence-corrected chi connectivity index (χ4v) is 3.08. The minimum atomic E-state index is -2.62. The molecule has 0 radical (unpaired) electrons. The SMILES string of the molecule is CCCCCO[P+](=O)[O-].CCCCCO[P+](=O)[O-].CCCCCO[P+](=O)[O-].CCCCCO[P+](=O)[O-].[Mo+4]. The summed E-state index contributed by atoms with van der Waals surface area (Å²) in [7, 11) is -10.5. The molecule has 17 heteroatoms. The van der Waals surface area contributed by atoms with Gasteiger partial charge in [-0.25, -0.2) is 0 Å². The topological polar surface area (TPSA) is 197 Å². The van der Waals surface area contributed by atoms with Gasteiger partial charge < -0.3 is 19.6 Å². The van der Waals surface area contributed by atoms with Crippen LogP contribution in [0.15, 0.2) is 0 Å². The van der Waals surface area contributed by atoms with E-state index in [0.29, 0.717) is 26.4 Å². The minimum Gasteiger partial charge on any atom is -0.566 e. The maximum Gasteiger partial charge on any atom is 4.00 e. The van der Waals surface area contributed by atoms with Crippen LogP contribution in [0.2, 0.25) is 0 Å². The van der Waals surface area contributed by atoms with Gasteiger partial charge in [-0.3, -0.25) is 0 Å². The Hall–Kier alpha value is 0.768. The molecular weight excluding hydrogens is 652 g/mol. The van der Waals surface area contributed by atoms with Gasteiger partial charge in [0.2, 0.25) is 0 Å². The predicted octanol–water partition coefficient (Wildman–Crippen LogP) is 4.84. The largest absolute Gasteiger partial charge is 4.00 e. The molecule has 0 aromatic heterocycles. The third-order valence-corrected chi connectivity index (χ3v) is 5.35. The molecule has 0 fully saturated rings. The van der Waals surface area contributed by atoms with Gasteiger partial charge in [-0.2, -0.15) is 0 Å². The van der Waals surface area contributed by atoms with Crippen LogP contribution in [0.1, 0.15) is 105 Å². The molecule has 218 valence electrons. The summed E-state index contributed by atoms with van der Waals surface area (Å²) < 4.78 is 56.3. The molecule has 0 aromatic carbocycles. The Kier molecular flexibility index (Phi) is 56.3. The van der Waals surface area contributed by atoms with E-state index in [1.807, 2.05) is 0 Å². The molecule has 0 amide bonds. The van der Waals surface area contributed by atoms with Crippen LogP contribution in [0.25, 0.3) is 0 Å². The van der Waals surface area contributed by atoms with E-state index in [2.05, 4.69) is 45.8 Å². The van der Waals surface area contributed by atoms with Gasteiger partial charge in [-0.05, 0) is 43.9 Å². The van der Waals surface area contributed by atoms with Crippen molar-refractivity contribution in [2.75, 3.05) is 26.4 Å². The summed E-state index contributed by atoms with van der Waals surface area (Å²) in [6.07, 6.45) is 11.8. The second kappa shape index (κ2) is 43.8. The summed E-state index contributed by atoms with van der Waals surface area (Å²) in [4.78, 5) is 39.1. The Balaban J connectivity index is -0.000000122. The predicted molar refractivity (Wildman–Crippen MR) is 132 cm³/mol. The molecule has 0 aromatic rings. The van der Waals surface area contributed by atoms with Crippen LogP contribution in [-0.4, -0.2) is 26.4 Å². The van der Waals surface area contributed by atoms with E-state index in [1.54, 1.807) is 0 Å². The van der Waals surface area contributed by atoms with Gasteiger partial charge in [0.1, 0.15) is 26.4 Å². The van der Waals surface area contributed by atoms with E-state index in [1.165, 1.54) is 0 Å². The molecular formula is C20H44MoO12P4+4. The Labute approximate surface area is 240 Å². The molecule has 12 nitrogen and oxygen atoms in total. The minimum absolute atomic E-state index is 0. The van der Waals surface area contributed by atoms with Crippen LogP contribution >= 0.6 is 33.0 Å². The van der Waals surface area contributed by atoms with Crippen molar-refractivity contribution in [1.29, 1.82) is 0 Å². The first kappa shape index (κ1) is 47.6. The van der Waals surface area contributed by atoms with Gasteiger partial charge >= 0.3 is 54.1 Å².